The van der Waals surface area contributed by atoms with Crippen molar-refractivity contribution < 1.29 is 4.74 Å². The number of rotatable bonds is 7. The molecular formula is C18H26O. The number of aryl methyl sites for hydroxylation is 2. The molecule has 0 radical (unpaired) electrons. The van der Waals surface area contributed by atoms with E-state index in [1.54, 1.807) is 0 Å². The molecule has 1 unspecified atom stereocenters. The second-order valence-corrected chi connectivity index (χ2v) is 5.24. The molecule has 1 nitrogen and oxygen atoms in total. The van der Waals surface area contributed by atoms with Gasteiger partial charge in [-0.2, -0.15) is 0 Å². The van der Waals surface area contributed by atoms with Gasteiger partial charge in [0.1, 0.15) is 5.75 Å². The molecule has 1 heteroatoms. The summed E-state index contributed by atoms with van der Waals surface area (Å²) < 4.78 is 5.98. The molecule has 0 N–H and O–H groups in total. The van der Waals surface area contributed by atoms with Crippen LogP contribution in [0.5, 0.6) is 5.75 Å². The fourth-order valence-electron chi connectivity index (χ4n) is 2.55. The Morgan fingerprint density at radius 3 is 2.53 bits per heavy atom. The Morgan fingerprint density at radius 2 is 1.95 bits per heavy atom. The summed E-state index contributed by atoms with van der Waals surface area (Å²) in [5.74, 6) is 4.29. The molecule has 0 heterocycles. The fraction of sp³-hybridized carbons (Fsp3) is 0.556. The topological polar surface area (TPSA) is 9.23 Å². The van der Waals surface area contributed by atoms with Gasteiger partial charge in [-0.3, -0.25) is 0 Å². The first-order chi connectivity index (χ1) is 9.13. The zero-order valence-electron chi connectivity index (χ0n) is 12.8. The molecule has 0 fully saturated rings. The minimum Gasteiger partial charge on any atom is -0.493 e. The minimum absolute atomic E-state index is 0.417. The summed E-state index contributed by atoms with van der Waals surface area (Å²) >= 11 is 0. The van der Waals surface area contributed by atoms with Crippen molar-refractivity contribution in [1.82, 2.24) is 0 Å². The highest BCUT2D eigenvalue weighted by atomic mass is 16.5. The number of terminal acetylenes is 1. The van der Waals surface area contributed by atoms with Gasteiger partial charge in [0, 0.05) is 6.42 Å². The van der Waals surface area contributed by atoms with Gasteiger partial charge in [-0.1, -0.05) is 38.0 Å². The highest BCUT2D eigenvalue weighted by Crippen LogP contribution is 2.35. The first kappa shape index (κ1) is 15.6. The third-order valence-electron chi connectivity index (χ3n) is 3.34. The maximum Gasteiger partial charge on any atom is 0.125 e. The molecule has 0 aliphatic rings. The van der Waals surface area contributed by atoms with Gasteiger partial charge in [0.15, 0.2) is 0 Å². The molecular weight excluding hydrogens is 232 g/mol. The predicted octanol–water partition coefficient (Wildman–Crippen LogP) is 5.00. The van der Waals surface area contributed by atoms with Crippen molar-refractivity contribution in [3.05, 3.63) is 28.8 Å². The smallest absolute Gasteiger partial charge is 0.125 e. The van der Waals surface area contributed by atoms with E-state index in [0.29, 0.717) is 5.92 Å². The van der Waals surface area contributed by atoms with Crippen LogP contribution in [0.2, 0.25) is 0 Å². The summed E-state index contributed by atoms with van der Waals surface area (Å²) in [6.07, 6.45) is 9.62. The van der Waals surface area contributed by atoms with Gasteiger partial charge in [-0.15, -0.1) is 12.3 Å². The molecule has 19 heavy (non-hydrogen) atoms. The zero-order chi connectivity index (χ0) is 14.3. The summed E-state index contributed by atoms with van der Waals surface area (Å²) in [5, 5.41) is 0. The molecule has 1 atom stereocenters. The molecule has 104 valence electrons. The van der Waals surface area contributed by atoms with Crippen molar-refractivity contribution in [3.63, 3.8) is 0 Å². The van der Waals surface area contributed by atoms with Crippen LogP contribution in [0, 0.1) is 26.2 Å². The Labute approximate surface area is 118 Å². The van der Waals surface area contributed by atoms with Crippen LogP contribution in [0.4, 0.5) is 0 Å². The fourth-order valence-corrected chi connectivity index (χ4v) is 2.55. The number of ether oxygens (including phenoxy) is 1. The second kappa shape index (κ2) is 7.89. The molecule has 0 aromatic heterocycles. The van der Waals surface area contributed by atoms with E-state index in [1.807, 2.05) is 0 Å². The number of benzene rings is 1. The van der Waals surface area contributed by atoms with E-state index >= 15 is 0 Å². The van der Waals surface area contributed by atoms with E-state index in [1.165, 1.54) is 16.7 Å². The van der Waals surface area contributed by atoms with Crippen LogP contribution < -0.4 is 4.74 Å². The molecule has 1 aromatic rings. The largest absolute Gasteiger partial charge is 0.493 e. The van der Waals surface area contributed by atoms with Gasteiger partial charge in [-0.05, 0) is 43.7 Å². The molecule has 0 amide bonds. The Kier molecular flexibility index (Phi) is 6.50. The van der Waals surface area contributed by atoms with E-state index in [4.69, 9.17) is 11.2 Å². The first-order valence-corrected chi connectivity index (χ1v) is 7.31. The Hall–Kier alpha value is -1.42. The standard InChI is InChI=1S/C18H26O/c1-6-9-16(10-7-2)17-13-14(4)12-15(5)18(17)19-11-8-3/h1,12-13,16H,7-11H2,2-5H3. The van der Waals surface area contributed by atoms with E-state index in [2.05, 4.69) is 45.7 Å². The molecule has 1 rings (SSSR count). The molecule has 0 aliphatic heterocycles. The van der Waals surface area contributed by atoms with E-state index in [0.717, 1.165) is 38.0 Å². The van der Waals surface area contributed by atoms with E-state index in [-0.39, 0.29) is 0 Å². The lowest BCUT2D eigenvalue weighted by atomic mass is 9.88. The molecule has 0 saturated carbocycles. The zero-order valence-corrected chi connectivity index (χ0v) is 12.8. The van der Waals surface area contributed by atoms with Gasteiger partial charge >= 0.3 is 0 Å². The molecule has 0 bridgehead atoms. The summed E-state index contributed by atoms with van der Waals surface area (Å²) in [5.41, 5.74) is 3.81. The maximum absolute atomic E-state index is 5.98. The van der Waals surface area contributed by atoms with Crippen molar-refractivity contribution >= 4 is 0 Å². The highest BCUT2D eigenvalue weighted by molar-refractivity contribution is 5.46. The van der Waals surface area contributed by atoms with Crippen LogP contribution >= 0.6 is 0 Å². The number of hydrogen-bond acceptors (Lipinski definition) is 1. The quantitative estimate of drug-likeness (QED) is 0.625. The summed E-state index contributed by atoms with van der Waals surface area (Å²) in [6, 6.07) is 4.43. The van der Waals surface area contributed by atoms with Gasteiger partial charge in [0.05, 0.1) is 6.61 Å². The summed E-state index contributed by atoms with van der Waals surface area (Å²) in [6.45, 7) is 9.37. The van der Waals surface area contributed by atoms with Crippen LogP contribution in [0.3, 0.4) is 0 Å². The van der Waals surface area contributed by atoms with Crippen molar-refractivity contribution in [2.24, 2.45) is 0 Å². The maximum atomic E-state index is 5.98. The lowest BCUT2D eigenvalue weighted by molar-refractivity contribution is 0.309. The van der Waals surface area contributed by atoms with Crippen LogP contribution in [0.1, 0.15) is 62.1 Å². The Balaban J connectivity index is 3.16. The summed E-state index contributed by atoms with van der Waals surface area (Å²) in [4.78, 5) is 0. The monoisotopic (exact) mass is 258 g/mol. The van der Waals surface area contributed by atoms with Crippen molar-refractivity contribution in [2.75, 3.05) is 6.61 Å². The average Bonchev–Trinajstić information content (AvgIpc) is 2.37. The lowest BCUT2D eigenvalue weighted by Gasteiger charge is -2.21. The Bertz CT molecular complexity index is 440. The second-order valence-electron chi connectivity index (χ2n) is 5.24. The molecule has 0 aliphatic carbocycles. The average molecular weight is 258 g/mol. The number of hydrogen-bond donors (Lipinski definition) is 0. The van der Waals surface area contributed by atoms with Gasteiger partial charge in [0.2, 0.25) is 0 Å². The van der Waals surface area contributed by atoms with E-state index in [9.17, 15) is 0 Å². The minimum atomic E-state index is 0.417. The normalized spacial score (nSPS) is 11.9. The van der Waals surface area contributed by atoms with Gasteiger partial charge in [-0.25, -0.2) is 0 Å². The SMILES string of the molecule is C#CCC(CCC)c1cc(C)cc(C)c1OCCC. The van der Waals surface area contributed by atoms with Crippen LogP contribution in [0.15, 0.2) is 12.1 Å². The lowest BCUT2D eigenvalue weighted by Crippen LogP contribution is -2.06. The van der Waals surface area contributed by atoms with E-state index < -0.39 is 0 Å². The van der Waals surface area contributed by atoms with Crippen LogP contribution in [-0.2, 0) is 0 Å². The third kappa shape index (κ3) is 4.31. The first-order valence-electron chi connectivity index (χ1n) is 7.31. The predicted molar refractivity (Wildman–Crippen MR) is 82.8 cm³/mol. The summed E-state index contributed by atoms with van der Waals surface area (Å²) in [7, 11) is 0. The van der Waals surface area contributed by atoms with Crippen molar-refractivity contribution in [3.8, 4) is 18.1 Å². The molecule has 0 saturated heterocycles. The Morgan fingerprint density at radius 1 is 1.21 bits per heavy atom. The van der Waals surface area contributed by atoms with Crippen LogP contribution in [0.25, 0.3) is 0 Å². The molecule has 0 spiro atoms. The molecule has 1 aromatic carbocycles. The van der Waals surface area contributed by atoms with Crippen molar-refractivity contribution in [1.29, 1.82) is 0 Å². The van der Waals surface area contributed by atoms with Gasteiger partial charge in [0.25, 0.3) is 0 Å². The van der Waals surface area contributed by atoms with Gasteiger partial charge < -0.3 is 4.74 Å². The van der Waals surface area contributed by atoms with Crippen molar-refractivity contribution in [2.45, 2.75) is 59.3 Å². The van der Waals surface area contributed by atoms with Crippen LogP contribution in [-0.4, -0.2) is 6.61 Å². The third-order valence-corrected chi connectivity index (χ3v) is 3.34. The highest BCUT2D eigenvalue weighted by Gasteiger charge is 2.17.